The lowest BCUT2D eigenvalue weighted by Gasteiger charge is -2.19. The largest absolute Gasteiger partial charge is 0.459 e. The molecule has 0 aliphatic carbocycles. The van der Waals surface area contributed by atoms with Gasteiger partial charge < -0.3 is 14.3 Å². The van der Waals surface area contributed by atoms with Gasteiger partial charge in [0.1, 0.15) is 12.7 Å². The molecular formula is C17H16N2O7. The molecule has 0 fully saturated rings. The fraction of sp³-hybridized carbons (Fsp3) is 0.235. The third-order valence-corrected chi connectivity index (χ3v) is 3.39. The van der Waals surface area contributed by atoms with Crippen molar-refractivity contribution >= 4 is 18.5 Å². The number of nitrogens with zero attached hydrogens (tertiary/aromatic N) is 1. The molecule has 1 aromatic carbocycles. The normalized spacial score (nSPS) is 12.8. The molecule has 9 heteroatoms. The molecule has 9 nitrogen and oxygen atoms in total. The summed E-state index contributed by atoms with van der Waals surface area (Å²) in [6.45, 7) is 0.994. The van der Waals surface area contributed by atoms with Gasteiger partial charge in [0.15, 0.2) is 18.8 Å². The Morgan fingerprint density at radius 1 is 1.19 bits per heavy atom. The number of carbonyl (C=O) groups is 3. The minimum atomic E-state index is -1.47. The summed E-state index contributed by atoms with van der Waals surface area (Å²) in [5.74, 6) is -0.666. The molecule has 0 aliphatic rings. The minimum Gasteiger partial charge on any atom is -0.459 e. The fourth-order valence-corrected chi connectivity index (χ4v) is 2.04. The molecule has 2 atom stereocenters. The van der Waals surface area contributed by atoms with Crippen LogP contribution in [0.1, 0.15) is 22.1 Å². The van der Waals surface area contributed by atoms with Gasteiger partial charge in [0.2, 0.25) is 0 Å². The highest BCUT2D eigenvalue weighted by molar-refractivity contribution is 5.89. The Bertz CT molecular complexity index is 901. The fourth-order valence-electron chi connectivity index (χ4n) is 2.04. The summed E-state index contributed by atoms with van der Waals surface area (Å²) in [6.07, 6.45) is -0.980. The van der Waals surface area contributed by atoms with Gasteiger partial charge in [-0.25, -0.2) is 9.59 Å². The van der Waals surface area contributed by atoms with Crippen molar-refractivity contribution in [2.75, 3.05) is 6.61 Å². The topological polar surface area (TPSA) is 125 Å². The Kier molecular flexibility index (Phi) is 6.34. The van der Waals surface area contributed by atoms with Crippen molar-refractivity contribution in [2.24, 2.45) is 0 Å². The Balaban J connectivity index is 2.08. The predicted molar refractivity (Wildman–Crippen MR) is 88.8 cm³/mol. The standard InChI is InChI=1S/C17H16N2O7/c1-11-7-19(17(24)18-15(11)22)14(9-21)26-13(8-20)10-25-16(23)12-5-3-2-4-6-12/h2-9,13-14H,10H2,1H3,(H,18,22,24)/t13-,14+/m0/s1. The van der Waals surface area contributed by atoms with Gasteiger partial charge in [-0.1, -0.05) is 18.2 Å². The predicted octanol–water partition coefficient (Wildman–Crippen LogP) is -0.0164. The molecule has 0 amide bonds. The van der Waals surface area contributed by atoms with Crippen LogP contribution in [-0.2, 0) is 19.1 Å². The summed E-state index contributed by atoms with van der Waals surface area (Å²) >= 11 is 0. The van der Waals surface area contributed by atoms with Crippen LogP contribution in [0.3, 0.4) is 0 Å². The summed E-state index contributed by atoms with van der Waals surface area (Å²) in [4.78, 5) is 59.5. The van der Waals surface area contributed by atoms with Crippen molar-refractivity contribution < 1.29 is 23.9 Å². The van der Waals surface area contributed by atoms with E-state index < -0.39 is 36.2 Å². The van der Waals surface area contributed by atoms with Crippen LogP contribution in [0.4, 0.5) is 0 Å². The van der Waals surface area contributed by atoms with E-state index in [2.05, 4.69) is 0 Å². The van der Waals surface area contributed by atoms with E-state index in [0.717, 1.165) is 10.8 Å². The molecule has 0 saturated carbocycles. The van der Waals surface area contributed by atoms with E-state index in [0.29, 0.717) is 6.29 Å². The van der Waals surface area contributed by atoms with E-state index in [1.807, 2.05) is 4.98 Å². The van der Waals surface area contributed by atoms with Gasteiger partial charge in [-0.05, 0) is 19.1 Å². The number of aryl methyl sites for hydroxylation is 1. The molecule has 1 N–H and O–H groups in total. The van der Waals surface area contributed by atoms with E-state index in [4.69, 9.17) is 9.47 Å². The number of hydrogen-bond donors (Lipinski definition) is 1. The highest BCUT2D eigenvalue weighted by Gasteiger charge is 2.21. The zero-order valence-electron chi connectivity index (χ0n) is 13.8. The quantitative estimate of drug-likeness (QED) is 0.518. The molecule has 0 spiro atoms. The third kappa shape index (κ3) is 4.61. The Hall–Kier alpha value is -3.33. The van der Waals surface area contributed by atoms with Crippen molar-refractivity contribution in [3.05, 3.63) is 68.5 Å². The smallest absolute Gasteiger partial charge is 0.338 e. The monoisotopic (exact) mass is 360 g/mol. The lowest BCUT2D eigenvalue weighted by atomic mass is 10.2. The van der Waals surface area contributed by atoms with E-state index in [1.54, 1.807) is 18.2 Å². The molecule has 0 radical (unpaired) electrons. The molecule has 0 unspecified atom stereocenters. The van der Waals surface area contributed by atoms with Gasteiger partial charge in [-0.15, -0.1) is 0 Å². The highest BCUT2D eigenvalue weighted by Crippen LogP contribution is 2.08. The minimum absolute atomic E-state index is 0.179. The number of carbonyl (C=O) groups excluding carboxylic acids is 3. The number of aldehydes is 2. The average molecular weight is 360 g/mol. The average Bonchev–Trinajstić information content (AvgIpc) is 2.66. The maximum absolute atomic E-state index is 11.9. The summed E-state index contributed by atoms with van der Waals surface area (Å²) < 4.78 is 11.0. The second-order valence-corrected chi connectivity index (χ2v) is 5.28. The van der Waals surface area contributed by atoms with Crippen molar-refractivity contribution in [2.45, 2.75) is 19.3 Å². The number of benzene rings is 1. The number of H-pyrrole nitrogens is 1. The van der Waals surface area contributed by atoms with Crippen LogP contribution in [0.2, 0.25) is 0 Å². The van der Waals surface area contributed by atoms with Gasteiger partial charge in [-0.3, -0.25) is 19.1 Å². The molecular weight excluding hydrogens is 344 g/mol. The summed E-state index contributed by atoms with van der Waals surface area (Å²) in [7, 11) is 0. The van der Waals surface area contributed by atoms with Crippen molar-refractivity contribution in [3.8, 4) is 0 Å². The first kappa shape index (κ1) is 19.0. The van der Waals surface area contributed by atoms with Crippen molar-refractivity contribution in [3.63, 3.8) is 0 Å². The van der Waals surface area contributed by atoms with Crippen LogP contribution in [0.25, 0.3) is 0 Å². The van der Waals surface area contributed by atoms with Gasteiger partial charge in [-0.2, -0.15) is 0 Å². The molecule has 0 bridgehead atoms. The van der Waals surface area contributed by atoms with Gasteiger partial charge in [0.25, 0.3) is 5.56 Å². The first-order valence-electron chi connectivity index (χ1n) is 7.56. The second kappa shape index (κ2) is 8.67. The lowest BCUT2D eigenvalue weighted by Crippen LogP contribution is -2.37. The molecule has 0 saturated heterocycles. The van der Waals surface area contributed by atoms with E-state index in [9.17, 15) is 24.0 Å². The molecule has 1 heterocycles. The van der Waals surface area contributed by atoms with Crippen LogP contribution in [0.15, 0.2) is 46.1 Å². The first-order chi connectivity index (χ1) is 12.5. The summed E-state index contributed by atoms with van der Waals surface area (Å²) in [6, 6.07) is 8.11. The molecule has 136 valence electrons. The number of ether oxygens (including phenoxy) is 2. The summed E-state index contributed by atoms with van der Waals surface area (Å²) in [5.41, 5.74) is -1.00. The maximum atomic E-state index is 11.9. The maximum Gasteiger partial charge on any atom is 0.338 e. The molecule has 26 heavy (non-hydrogen) atoms. The highest BCUT2D eigenvalue weighted by atomic mass is 16.6. The SMILES string of the molecule is Cc1cn([C@@H](C=O)O[C@@H](C=O)COC(=O)c2ccccc2)c(=O)[nH]c1=O. The van der Waals surface area contributed by atoms with Crippen molar-refractivity contribution in [1.82, 2.24) is 9.55 Å². The van der Waals surface area contributed by atoms with Gasteiger partial charge in [0, 0.05) is 11.8 Å². The van der Waals surface area contributed by atoms with E-state index in [1.165, 1.54) is 19.1 Å². The molecule has 2 aromatic rings. The van der Waals surface area contributed by atoms with Crippen LogP contribution in [-0.4, -0.2) is 40.8 Å². The van der Waals surface area contributed by atoms with Crippen LogP contribution < -0.4 is 11.2 Å². The number of rotatable bonds is 8. The second-order valence-electron chi connectivity index (χ2n) is 5.28. The zero-order chi connectivity index (χ0) is 19.1. The van der Waals surface area contributed by atoms with Crippen molar-refractivity contribution in [1.29, 1.82) is 0 Å². The van der Waals surface area contributed by atoms with E-state index in [-0.39, 0.29) is 17.4 Å². The summed E-state index contributed by atoms with van der Waals surface area (Å²) in [5, 5.41) is 0. The number of hydrogen-bond acceptors (Lipinski definition) is 7. The molecule has 2 rings (SSSR count). The zero-order valence-corrected chi connectivity index (χ0v) is 13.8. The Morgan fingerprint density at radius 3 is 2.50 bits per heavy atom. The number of esters is 1. The number of aromatic nitrogens is 2. The van der Waals surface area contributed by atoms with Gasteiger partial charge in [0.05, 0.1) is 5.56 Å². The Labute approximate surface area is 147 Å². The third-order valence-electron chi connectivity index (χ3n) is 3.39. The van der Waals surface area contributed by atoms with Crippen LogP contribution in [0, 0.1) is 6.92 Å². The number of nitrogens with one attached hydrogen (secondary N) is 1. The Morgan fingerprint density at radius 2 is 1.88 bits per heavy atom. The van der Waals surface area contributed by atoms with E-state index >= 15 is 0 Å². The first-order valence-corrected chi connectivity index (χ1v) is 7.56. The van der Waals surface area contributed by atoms with Crippen LogP contribution >= 0.6 is 0 Å². The number of aromatic amines is 1. The molecule has 1 aromatic heterocycles. The lowest BCUT2D eigenvalue weighted by molar-refractivity contribution is -0.140. The van der Waals surface area contributed by atoms with Crippen LogP contribution in [0.5, 0.6) is 0 Å². The van der Waals surface area contributed by atoms with Gasteiger partial charge >= 0.3 is 11.7 Å². The molecule has 0 aliphatic heterocycles.